The molecule has 3 rings (SSSR count). The van der Waals surface area contributed by atoms with E-state index in [1.807, 2.05) is 22.4 Å². The first-order valence-corrected chi connectivity index (χ1v) is 9.52. The molecule has 0 aromatic carbocycles. The Balaban J connectivity index is 1.43. The number of rotatable bonds is 5. The van der Waals surface area contributed by atoms with Gasteiger partial charge in [-0.2, -0.15) is 0 Å². The van der Waals surface area contributed by atoms with Gasteiger partial charge in [0.2, 0.25) is 5.91 Å². The molecule has 2 fully saturated rings. The van der Waals surface area contributed by atoms with Gasteiger partial charge in [0.15, 0.2) is 0 Å². The van der Waals surface area contributed by atoms with Gasteiger partial charge in [-0.15, -0.1) is 11.3 Å². The molecule has 132 valence electrons. The number of piperidine rings is 1. The molecule has 3 heterocycles. The van der Waals surface area contributed by atoms with Crippen molar-refractivity contribution in [2.24, 2.45) is 5.92 Å². The summed E-state index contributed by atoms with van der Waals surface area (Å²) in [4.78, 5) is 29.7. The fraction of sp³-hybridized carbons (Fsp3) is 0.647. The summed E-state index contributed by atoms with van der Waals surface area (Å²) in [5.41, 5.74) is 0. The molecule has 0 radical (unpaired) electrons. The molecule has 1 N–H and O–H groups in total. The summed E-state index contributed by atoms with van der Waals surface area (Å²) >= 11 is 1.46. The molecule has 0 unspecified atom stereocenters. The van der Waals surface area contributed by atoms with Crippen molar-refractivity contribution in [3.63, 3.8) is 0 Å². The molecule has 2 aliphatic heterocycles. The fourth-order valence-corrected chi connectivity index (χ4v) is 3.93. The molecule has 2 aliphatic rings. The lowest BCUT2D eigenvalue weighted by atomic mass is 9.97. The van der Waals surface area contributed by atoms with Gasteiger partial charge in [0.05, 0.1) is 24.0 Å². The molecule has 6 nitrogen and oxygen atoms in total. The minimum Gasteiger partial charge on any atom is -0.379 e. The van der Waals surface area contributed by atoms with Crippen LogP contribution >= 0.6 is 11.3 Å². The first-order valence-electron chi connectivity index (χ1n) is 8.64. The second-order valence-electron chi connectivity index (χ2n) is 6.31. The highest BCUT2D eigenvalue weighted by atomic mass is 32.1. The number of likely N-dealkylation sites (tertiary alicyclic amines) is 1. The summed E-state index contributed by atoms with van der Waals surface area (Å²) in [5, 5.41) is 4.95. The summed E-state index contributed by atoms with van der Waals surface area (Å²) in [6.45, 7) is 6.21. The molecule has 2 amide bonds. The number of carbonyl (C=O) groups excluding carboxylic acids is 2. The molecule has 0 spiro atoms. The van der Waals surface area contributed by atoms with Gasteiger partial charge >= 0.3 is 0 Å². The van der Waals surface area contributed by atoms with E-state index in [2.05, 4.69) is 10.2 Å². The van der Waals surface area contributed by atoms with E-state index in [0.717, 1.165) is 57.1 Å². The van der Waals surface area contributed by atoms with Crippen LogP contribution in [0.15, 0.2) is 17.5 Å². The van der Waals surface area contributed by atoms with E-state index in [1.165, 1.54) is 11.3 Å². The molecular weight excluding hydrogens is 326 g/mol. The molecular formula is C17H25N3O3S. The van der Waals surface area contributed by atoms with Crippen molar-refractivity contribution in [3.05, 3.63) is 22.4 Å². The maximum atomic E-state index is 12.4. The number of thiophene rings is 1. The Morgan fingerprint density at radius 3 is 2.88 bits per heavy atom. The third-order valence-corrected chi connectivity index (χ3v) is 5.50. The molecule has 1 aromatic rings. The average molecular weight is 351 g/mol. The lowest BCUT2D eigenvalue weighted by Gasteiger charge is -2.32. The Kier molecular flexibility index (Phi) is 6.23. The third-order valence-electron chi connectivity index (χ3n) is 4.64. The predicted octanol–water partition coefficient (Wildman–Crippen LogP) is 1.05. The van der Waals surface area contributed by atoms with E-state index < -0.39 is 0 Å². The molecule has 7 heteroatoms. The normalized spacial score (nSPS) is 22.3. The monoisotopic (exact) mass is 351 g/mol. The van der Waals surface area contributed by atoms with Crippen LogP contribution < -0.4 is 5.32 Å². The number of morpholine rings is 1. The zero-order valence-electron chi connectivity index (χ0n) is 13.9. The maximum Gasteiger partial charge on any atom is 0.263 e. The third kappa shape index (κ3) is 4.55. The summed E-state index contributed by atoms with van der Waals surface area (Å²) in [6, 6.07) is 3.73. The largest absolute Gasteiger partial charge is 0.379 e. The van der Waals surface area contributed by atoms with Gasteiger partial charge in [-0.1, -0.05) is 6.07 Å². The lowest BCUT2D eigenvalue weighted by molar-refractivity contribution is -0.126. The number of hydrogen-bond donors (Lipinski definition) is 1. The summed E-state index contributed by atoms with van der Waals surface area (Å²) in [6.07, 6.45) is 1.75. The van der Waals surface area contributed by atoms with Crippen molar-refractivity contribution in [1.82, 2.24) is 15.1 Å². The first-order chi connectivity index (χ1) is 11.7. The molecule has 1 aromatic heterocycles. The Morgan fingerprint density at radius 1 is 1.29 bits per heavy atom. The molecule has 0 bridgehead atoms. The van der Waals surface area contributed by atoms with Crippen molar-refractivity contribution < 1.29 is 14.3 Å². The van der Waals surface area contributed by atoms with Crippen LogP contribution in [-0.4, -0.2) is 74.1 Å². The van der Waals surface area contributed by atoms with E-state index in [-0.39, 0.29) is 17.7 Å². The van der Waals surface area contributed by atoms with Gasteiger partial charge in [0, 0.05) is 39.3 Å². The Hall–Kier alpha value is -1.44. The highest BCUT2D eigenvalue weighted by molar-refractivity contribution is 7.12. The van der Waals surface area contributed by atoms with Gasteiger partial charge < -0.3 is 15.0 Å². The number of nitrogens with one attached hydrogen (secondary N) is 1. The topological polar surface area (TPSA) is 61.9 Å². The van der Waals surface area contributed by atoms with Crippen molar-refractivity contribution in [2.75, 3.05) is 52.5 Å². The minimum absolute atomic E-state index is 0.0517. The number of amides is 2. The standard InChI is InChI=1S/C17H25N3O3S/c21-16(18-5-7-19-8-10-23-11-9-19)14-3-1-6-20(13-14)17(22)15-4-2-12-24-15/h2,4,12,14H,1,3,5-11,13H2,(H,18,21)/t14-/m0/s1. The van der Waals surface area contributed by atoms with Crippen molar-refractivity contribution in [1.29, 1.82) is 0 Å². The minimum atomic E-state index is -0.0904. The zero-order chi connectivity index (χ0) is 16.8. The fourth-order valence-electron chi connectivity index (χ4n) is 3.24. The Labute approximate surface area is 146 Å². The van der Waals surface area contributed by atoms with Gasteiger partial charge in [0.25, 0.3) is 5.91 Å². The van der Waals surface area contributed by atoms with Crippen LogP contribution in [0.5, 0.6) is 0 Å². The Bertz CT molecular complexity index is 543. The predicted molar refractivity (Wildman–Crippen MR) is 93.2 cm³/mol. The summed E-state index contributed by atoms with van der Waals surface area (Å²) < 4.78 is 5.32. The van der Waals surface area contributed by atoms with Crippen LogP contribution in [0.2, 0.25) is 0 Å². The smallest absolute Gasteiger partial charge is 0.263 e. The second-order valence-corrected chi connectivity index (χ2v) is 7.26. The van der Waals surface area contributed by atoms with E-state index in [9.17, 15) is 9.59 Å². The average Bonchev–Trinajstić information content (AvgIpc) is 3.16. The number of ether oxygens (including phenoxy) is 1. The first kappa shape index (κ1) is 17.4. The molecule has 0 aliphatic carbocycles. The SMILES string of the molecule is O=C(NCCN1CCOCC1)[C@H]1CCCN(C(=O)c2cccs2)C1. The number of hydrogen-bond acceptors (Lipinski definition) is 5. The van der Waals surface area contributed by atoms with Crippen molar-refractivity contribution in [2.45, 2.75) is 12.8 Å². The molecule has 2 saturated heterocycles. The van der Waals surface area contributed by atoms with Crippen LogP contribution in [0.1, 0.15) is 22.5 Å². The van der Waals surface area contributed by atoms with E-state index in [4.69, 9.17) is 4.74 Å². The molecule has 1 atom stereocenters. The second kappa shape index (κ2) is 8.60. The number of carbonyl (C=O) groups is 2. The van der Waals surface area contributed by atoms with E-state index in [0.29, 0.717) is 13.1 Å². The van der Waals surface area contributed by atoms with Crippen LogP contribution in [0.4, 0.5) is 0 Å². The molecule has 0 saturated carbocycles. The molecule has 24 heavy (non-hydrogen) atoms. The maximum absolute atomic E-state index is 12.4. The highest BCUT2D eigenvalue weighted by Gasteiger charge is 2.29. The van der Waals surface area contributed by atoms with Crippen molar-refractivity contribution in [3.8, 4) is 0 Å². The lowest BCUT2D eigenvalue weighted by Crippen LogP contribution is -2.47. The van der Waals surface area contributed by atoms with Crippen LogP contribution in [0.25, 0.3) is 0 Å². The quantitative estimate of drug-likeness (QED) is 0.861. The summed E-state index contributed by atoms with van der Waals surface area (Å²) in [5.74, 6) is 0.0371. The summed E-state index contributed by atoms with van der Waals surface area (Å²) in [7, 11) is 0. The van der Waals surface area contributed by atoms with E-state index in [1.54, 1.807) is 0 Å². The van der Waals surface area contributed by atoms with Crippen LogP contribution in [0, 0.1) is 5.92 Å². The van der Waals surface area contributed by atoms with Gasteiger partial charge in [-0.25, -0.2) is 0 Å². The van der Waals surface area contributed by atoms with Gasteiger partial charge in [-0.3, -0.25) is 14.5 Å². The van der Waals surface area contributed by atoms with Crippen molar-refractivity contribution >= 4 is 23.2 Å². The zero-order valence-corrected chi connectivity index (χ0v) is 14.7. The van der Waals surface area contributed by atoms with E-state index >= 15 is 0 Å². The Morgan fingerprint density at radius 2 is 2.12 bits per heavy atom. The highest BCUT2D eigenvalue weighted by Crippen LogP contribution is 2.20. The van der Waals surface area contributed by atoms with Crippen LogP contribution in [-0.2, 0) is 9.53 Å². The van der Waals surface area contributed by atoms with Crippen LogP contribution in [0.3, 0.4) is 0 Å². The number of nitrogens with zero attached hydrogens (tertiary/aromatic N) is 2. The van der Waals surface area contributed by atoms with Gasteiger partial charge in [0.1, 0.15) is 0 Å². The van der Waals surface area contributed by atoms with Gasteiger partial charge in [-0.05, 0) is 24.3 Å².